The minimum atomic E-state index is -4.42. The van der Waals surface area contributed by atoms with Gasteiger partial charge in [0.2, 0.25) is 5.91 Å². The molecule has 0 radical (unpaired) electrons. The van der Waals surface area contributed by atoms with E-state index in [0.717, 1.165) is 6.42 Å². The topological polar surface area (TPSA) is 46.3 Å². The summed E-state index contributed by atoms with van der Waals surface area (Å²) in [6.07, 6.45) is -4.33. The summed E-state index contributed by atoms with van der Waals surface area (Å²) in [5, 5.41) is 0. The van der Waals surface area contributed by atoms with E-state index in [1.54, 1.807) is 0 Å². The fraction of sp³-hybridized carbons (Fsp3) is 0.875. The standard InChI is InChI=1S/C8H13F3N2O/c9-8(10,11)4-7(14)13-3-1-2-6(12)5-13/h6H,1-5,12H2/t6-/m0/s1. The third-order valence-corrected chi connectivity index (χ3v) is 2.16. The number of halogens is 3. The van der Waals surface area contributed by atoms with Crippen LogP contribution in [0.3, 0.4) is 0 Å². The molecular weight excluding hydrogens is 197 g/mol. The van der Waals surface area contributed by atoms with E-state index < -0.39 is 18.5 Å². The Kier molecular flexibility index (Phi) is 3.36. The van der Waals surface area contributed by atoms with Crippen LogP contribution in [0.25, 0.3) is 0 Å². The lowest BCUT2D eigenvalue weighted by Gasteiger charge is -2.31. The molecule has 0 aliphatic carbocycles. The van der Waals surface area contributed by atoms with Crippen LogP contribution in [0.1, 0.15) is 19.3 Å². The number of nitrogens with zero attached hydrogens (tertiary/aromatic N) is 1. The van der Waals surface area contributed by atoms with E-state index in [1.165, 1.54) is 4.90 Å². The van der Waals surface area contributed by atoms with Crippen LogP contribution in [-0.4, -0.2) is 36.1 Å². The first-order valence-electron chi connectivity index (χ1n) is 4.48. The smallest absolute Gasteiger partial charge is 0.341 e. The monoisotopic (exact) mass is 210 g/mol. The van der Waals surface area contributed by atoms with Crippen LogP contribution in [-0.2, 0) is 4.79 Å². The molecule has 1 heterocycles. The molecule has 0 spiro atoms. The second-order valence-electron chi connectivity index (χ2n) is 3.53. The summed E-state index contributed by atoms with van der Waals surface area (Å²) in [6.45, 7) is 0.636. The summed E-state index contributed by atoms with van der Waals surface area (Å²) < 4.78 is 35.6. The number of likely N-dealkylation sites (tertiary alicyclic amines) is 1. The molecule has 1 aliphatic rings. The maximum Gasteiger partial charge on any atom is 0.397 e. The molecule has 0 aromatic rings. The third kappa shape index (κ3) is 3.53. The van der Waals surface area contributed by atoms with Gasteiger partial charge in [0.05, 0.1) is 0 Å². The van der Waals surface area contributed by atoms with Crippen LogP contribution in [0.15, 0.2) is 0 Å². The molecule has 1 aliphatic heterocycles. The Hall–Kier alpha value is -0.780. The van der Waals surface area contributed by atoms with Gasteiger partial charge in [-0.2, -0.15) is 13.2 Å². The van der Waals surface area contributed by atoms with Gasteiger partial charge in [-0.1, -0.05) is 0 Å². The summed E-state index contributed by atoms with van der Waals surface area (Å²) in [4.78, 5) is 12.3. The molecule has 0 aromatic carbocycles. The highest BCUT2D eigenvalue weighted by molar-refractivity contribution is 5.77. The maximum atomic E-state index is 11.9. The Bertz CT molecular complexity index is 217. The quantitative estimate of drug-likeness (QED) is 0.698. The Morgan fingerprint density at radius 1 is 1.50 bits per heavy atom. The van der Waals surface area contributed by atoms with E-state index in [4.69, 9.17) is 5.73 Å². The van der Waals surface area contributed by atoms with E-state index in [9.17, 15) is 18.0 Å². The largest absolute Gasteiger partial charge is 0.397 e. The molecule has 6 heteroatoms. The number of hydrogen-bond acceptors (Lipinski definition) is 2. The molecule has 1 atom stereocenters. The molecular formula is C8H13F3N2O. The van der Waals surface area contributed by atoms with Gasteiger partial charge < -0.3 is 10.6 Å². The van der Waals surface area contributed by atoms with Crippen molar-refractivity contribution in [1.29, 1.82) is 0 Å². The molecule has 0 saturated carbocycles. The Morgan fingerprint density at radius 2 is 2.14 bits per heavy atom. The van der Waals surface area contributed by atoms with Gasteiger partial charge in [-0.15, -0.1) is 0 Å². The third-order valence-electron chi connectivity index (χ3n) is 2.16. The van der Waals surface area contributed by atoms with Gasteiger partial charge in [0.1, 0.15) is 6.42 Å². The van der Waals surface area contributed by atoms with Gasteiger partial charge in [-0.25, -0.2) is 0 Å². The van der Waals surface area contributed by atoms with Crippen LogP contribution < -0.4 is 5.73 Å². The SMILES string of the molecule is N[C@H]1CCCN(C(=O)CC(F)(F)F)C1. The molecule has 82 valence electrons. The van der Waals surface area contributed by atoms with Crippen molar-refractivity contribution in [3.63, 3.8) is 0 Å². The number of carbonyl (C=O) groups excluding carboxylic acids is 1. The Morgan fingerprint density at radius 3 is 2.64 bits per heavy atom. The highest BCUT2D eigenvalue weighted by Gasteiger charge is 2.34. The fourth-order valence-electron chi connectivity index (χ4n) is 1.52. The number of carbonyl (C=O) groups is 1. The van der Waals surface area contributed by atoms with Gasteiger partial charge in [-0.05, 0) is 12.8 Å². The molecule has 1 amide bonds. The summed E-state index contributed by atoms with van der Waals surface area (Å²) in [7, 11) is 0. The molecule has 14 heavy (non-hydrogen) atoms. The predicted molar refractivity (Wildman–Crippen MR) is 44.5 cm³/mol. The van der Waals surface area contributed by atoms with Crippen molar-refractivity contribution in [2.75, 3.05) is 13.1 Å². The van der Waals surface area contributed by atoms with Gasteiger partial charge in [-0.3, -0.25) is 4.79 Å². The highest BCUT2D eigenvalue weighted by Crippen LogP contribution is 2.21. The van der Waals surface area contributed by atoms with Crippen molar-refractivity contribution in [2.24, 2.45) is 5.73 Å². The minimum absolute atomic E-state index is 0.180. The zero-order valence-corrected chi connectivity index (χ0v) is 7.68. The molecule has 0 unspecified atom stereocenters. The van der Waals surface area contributed by atoms with Gasteiger partial charge >= 0.3 is 6.18 Å². The second-order valence-corrected chi connectivity index (χ2v) is 3.53. The lowest BCUT2D eigenvalue weighted by atomic mass is 10.1. The van der Waals surface area contributed by atoms with E-state index in [0.29, 0.717) is 13.0 Å². The summed E-state index contributed by atoms with van der Waals surface area (Å²) in [5.74, 6) is -0.868. The molecule has 3 nitrogen and oxygen atoms in total. The number of alkyl halides is 3. The molecule has 1 saturated heterocycles. The Balaban J connectivity index is 2.44. The average molecular weight is 210 g/mol. The van der Waals surface area contributed by atoms with E-state index in [1.807, 2.05) is 0 Å². The van der Waals surface area contributed by atoms with Crippen molar-refractivity contribution in [3.05, 3.63) is 0 Å². The number of amides is 1. The second kappa shape index (κ2) is 4.16. The molecule has 2 N–H and O–H groups in total. The first-order valence-corrected chi connectivity index (χ1v) is 4.48. The normalized spacial score (nSPS) is 23.7. The van der Waals surface area contributed by atoms with Crippen molar-refractivity contribution < 1.29 is 18.0 Å². The highest BCUT2D eigenvalue weighted by atomic mass is 19.4. The average Bonchev–Trinajstić information content (AvgIpc) is 2.01. The summed E-state index contributed by atoms with van der Waals surface area (Å²) in [6, 6.07) is -0.180. The van der Waals surface area contributed by atoms with Gasteiger partial charge in [0, 0.05) is 19.1 Å². The Labute approximate surface area is 80.0 Å². The predicted octanol–water partition coefficient (Wildman–Crippen LogP) is 0.889. The zero-order valence-electron chi connectivity index (χ0n) is 7.68. The van der Waals surface area contributed by atoms with Crippen LogP contribution in [0.5, 0.6) is 0 Å². The summed E-state index contributed by atoms with van der Waals surface area (Å²) in [5.41, 5.74) is 5.55. The van der Waals surface area contributed by atoms with Crippen LogP contribution in [0, 0.1) is 0 Å². The lowest BCUT2D eigenvalue weighted by molar-refractivity contribution is -0.162. The van der Waals surface area contributed by atoms with Crippen LogP contribution in [0.4, 0.5) is 13.2 Å². The van der Waals surface area contributed by atoms with Crippen molar-refractivity contribution >= 4 is 5.91 Å². The number of rotatable bonds is 1. The van der Waals surface area contributed by atoms with E-state index >= 15 is 0 Å². The van der Waals surface area contributed by atoms with Crippen molar-refractivity contribution in [1.82, 2.24) is 4.90 Å². The number of piperidine rings is 1. The van der Waals surface area contributed by atoms with E-state index in [2.05, 4.69) is 0 Å². The first kappa shape index (κ1) is 11.3. The van der Waals surface area contributed by atoms with E-state index in [-0.39, 0.29) is 12.6 Å². The number of nitrogens with two attached hydrogens (primary N) is 1. The minimum Gasteiger partial charge on any atom is -0.341 e. The molecule has 0 bridgehead atoms. The number of hydrogen-bond donors (Lipinski definition) is 1. The van der Waals surface area contributed by atoms with Gasteiger partial charge in [0.15, 0.2) is 0 Å². The lowest BCUT2D eigenvalue weighted by Crippen LogP contribution is -2.46. The molecule has 1 fully saturated rings. The molecule has 1 rings (SSSR count). The van der Waals surface area contributed by atoms with Crippen LogP contribution in [0.2, 0.25) is 0 Å². The van der Waals surface area contributed by atoms with Crippen molar-refractivity contribution in [2.45, 2.75) is 31.5 Å². The molecule has 0 aromatic heterocycles. The maximum absolute atomic E-state index is 11.9. The van der Waals surface area contributed by atoms with Crippen LogP contribution >= 0.6 is 0 Å². The van der Waals surface area contributed by atoms with Crippen molar-refractivity contribution in [3.8, 4) is 0 Å². The summed E-state index contributed by atoms with van der Waals surface area (Å²) >= 11 is 0. The first-order chi connectivity index (χ1) is 6.38. The fourth-order valence-corrected chi connectivity index (χ4v) is 1.52. The van der Waals surface area contributed by atoms with Gasteiger partial charge in [0.25, 0.3) is 0 Å². The zero-order chi connectivity index (χ0) is 10.8.